The molecule has 0 bridgehead atoms. The number of hydrogen-bond donors (Lipinski definition) is 15. The average molecular weight is 1260 g/mol. The molecule has 87 heavy (non-hydrogen) atoms. The molecule has 30 nitrogen and oxygen atoms in total. The molecule has 15 unspecified atom stereocenters. The molecule has 15 atom stereocenters. The quantitative estimate of drug-likeness (QED) is 0.0203. The molecule has 3 fully saturated rings. The fourth-order valence-electron chi connectivity index (χ4n) is 10.5. The molecule has 0 saturated heterocycles. The lowest BCUT2D eigenvalue weighted by Crippen LogP contribution is -2.61. The number of Topliss-reactive ketones (excluding diaryl/α,β-unsaturated/α-hetero) is 2. The highest BCUT2D eigenvalue weighted by Crippen LogP contribution is 2.31. The highest BCUT2D eigenvalue weighted by molar-refractivity contribution is 5.80. The van der Waals surface area contributed by atoms with Crippen molar-refractivity contribution in [2.75, 3.05) is 99.7 Å². The molecule has 3 rings (SSSR count). The number of rotatable bonds is 42. The van der Waals surface area contributed by atoms with E-state index in [1.165, 1.54) is 27.9 Å². The van der Waals surface area contributed by atoms with E-state index in [1.54, 1.807) is 0 Å². The zero-order valence-corrected chi connectivity index (χ0v) is 51.4. The van der Waals surface area contributed by atoms with E-state index >= 15 is 0 Å². The van der Waals surface area contributed by atoms with Crippen LogP contribution in [-0.2, 0) is 71.5 Å². The molecular formula is C57H102N6O24. The number of ketones is 2. The standard InChI is InChI=1S/C55H96N6O24.C2H6/c1-32(65)58-46-40(22-35(25-62)49(73)52(46)76)83-16-6-8-38(68)12-18-80-28-55(61-45(72)11-5-10-43(70)57-31-79-4,29-81-19-13-39(69)9-7-17-84-41-23-36(26-63)50(74)53(77)47(41)59-33(2)66)30-82-20-14-44(71)56-15-21-85-42-24-37(27-64)51(75)54(78)48(42)60-34(3)67;1-2/h35-37,40-42,46-54,62-64,73-78H,5-31H2,1-4H3,(H,56,71)(H,57,70)(H,58,65)(H,59,66)(H,60,67)(H,61,72);1-2H3. The number of nitrogens with one attached hydrogen (secondary N) is 6. The van der Waals surface area contributed by atoms with Gasteiger partial charge in [-0.25, -0.2) is 0 Å². The van der Waals surface area contributed by atoms with Crippen LogP contribution in [0.3, 0.4) is 0 Å². The van der Waals surface area contributed by atoms with Gasteiger partial charge in [0.25, 0.3) is 0 Å². The third-order valence-corrected chi connectivity index (χ3v) is 15.1. The van der Waals surface area contributed by atoms with Crippen molar-refractivity contribution in [3.63, 3.8) is 0 Å². The Morgan fingerprint density at radius 2 is 0.793 bits per heavy atom. The van der Waals surface area contributed by atoms with E-state index in [9.17, 15) is 84.3 Å². The highest BCUT2D eigenvalue weighted by Gasteiger charge is 2.47. The molecule has 0 aromatic rings. The van der Waals surface area contributed by atoms with E-state index in [1.807, 2.05) is 13.8 Å². The van der Waals surface area contributed by atoms with Crippen LogP contribution in [0.25, 0.3) is 0 Å². The molecule has 0 aromatic carbocycles. The van der Waals surface area contributed by atoms with Crippen LogP contribution in [-0.4, -0.2) is 271 Å². The van der Waals surface area contributed by atoms with Gasteiger partial charge in [0.2, 0.25) is 35.4 Å². The Morgan fingerprint density at radius 1 is 0.437 bits per heavy atom. The van der Waals surface area contributed by atoms with Crippen molar-refractivity contribution in [1.29, 1.82) is 0 Å². The minimum atomic E-state index is -1.51. The Balaban J connectivity index is 0.0000128. The molecule has 0 aliphatic heterocycles. The summed E-state index contributed by atoms with van der Waals surface area (Å²) in [6, 6.07) is -2.88. The van der Waals surface area contributed by atoms with Gasteiger partial charge in [0.15, 0.2) is 0 Å². The van der Waals surface area contributed by atoms with Crippen LogP contribution in [0.1, 0.15) is 118 Å². The molecule has 3 aliphatic carbocycles. The van der Waals surface area contributed by atoms with E-state index in [2.05, 4.69) is 31.9 Å². The van der Waals surface area contributed by atoms with Crippen LogP contribution >= 0.6 is 0 Å². The lowest BCUT2D eigenvalue weighted by atomic mass is 9.79. The molecule has 15 N–H and O–H groups in total. The van der Waals surface area contributed by atoms with Crippen LogP contribution in [0.5, 0.6) is 0 Å². The first kappa shape index (κ1) is 78.6. The summed E-state index contributed by atoms with van der Waals surface area (Å²) in [6.45, 7) is 5.03. The fraction of sp³-hybridized carbons (Fsp3) is 0.860. The maximum atomic E-state index is 13.7. The summed E-state index contributed by atoms with van der Waals surface area (Å²) in [5, 5.41) is 108. The second-order valence-corrected chi connectivity index (χ2v) is 22.1. The third kappa shape index (κ3) is 28.9. The van der Waals surface area contributed by atoms with E-state index in [4.69, 9.17) is 33.2 Å². The van der Waals surface area contributed by atoms with Crippen LogP contribution < -0.4 is 31.9 Å². The molecule has 504 valence electrons. The van der Waals surface area contributed by atoms with Crippen molar-refractivity contribution in [2.45, 2.75) is 197 Å². The number of aliphatic hydroxyl groups excluding tert-OH is 9. The summed E-state index contributed by atoms with van der Waals surface area (Å²) in [5.74, 6) is -5.32. The van der Waals surface area contributed by atoms with Gasteiger partial charge in [0.1, 0.15) is 42.1 Å². The van der Waals surface area contributed by atoms with Crippen LogP contribution in [0, 0.1) is 17.8 Å². The lowest BCUT2D eigenvalue weighted by molar-refractivity contribution is -0.143. The van der Waals surface area contributed by atoms with Crippen molar-refractivity contribution in [1.82, 2.24) is 31.9 Å². The van der Waals surface area contributed by atoms with Gasteiger partial charge in [-0.2, -0.15) is 0 Å². The molecular weight excluding hydrogens is 1150 g/mol. The van der Waals surface area contributed by atoms with Gasteiger partial charge in [-0.05, 0) is 38.5 Å². The van der Waals surface area contributed by atoms with Gasteiger partial charge in [0.05, 0.1) is 101 Å². The van der Waals surface area contributed by atoms with Gasteiger partial charge in [-0.1, -0.05) is 13.8 Å². The van der Waals surface area contributed by atoms with Gasteiger partial charge in [0, 0.05) is 130 Å². The van der Waals surface area contributed by atoms with Gasteiger partial charge in [-0.3, -0.25) is 38.4 Å². The first-order valence-corrected chi connectivity index (χ1v) is 30.2. The summed E-state index contributed by atoms with van der Waals surface area (Å²) >= 11 is 0. The first-order valence-electron chi connectivity index (χ1n) is 30.2. The fourth-order valence-corrected chi connectivity index (χ4v) is 10.5. The second kappa shape index (κ2) is 43.3. The Morgan fingerprint density at radius 3 is 1.16 bits per heavy atom. The minimum absolute atomic E-state index is 0.00717. The zero-order valence-electron chi connectivity index (χ0n) is 51.4. The molecule has 3 saturated carbocycles. The summed E-state index contributed by atoms with van der Waals surface area (Å²) in [5.41, 5.74) is -1.51. The number of carbonyl (C=O) groups is 8. The SMILES string of the molecule is CC.COCNC(=O)CCCC(=O)NC(COCCC(=O)CCCOC1CC(CO)C(O)C(O)C1NC(C)=O)(COCCC(=O)CCCOC1CC(CO)C(O)C(O)C1NC(C)=O)COCCC(=O)NCCOC1CC(CO)C(O)C(O)C1NC(C)=O. The summed E-state index contributed by atoms with van der Waals surface area (Å²) in [6.07, 6.45) is -9.85. The molecule has 0 radical (unpaired) electrons. The number of methoxy groups -OCH3 is 1. The van der Waals surface area contributed by atoms with E-state index in [0.29, 0.717) is 0 Å². The Labute approximate surface area is 509 Å². The first-order chi connectivity index (χ1) is 41.5. The number of hydrogen-bond acceptors (Lipinski definition) is 24. The Hall–Kier alpha value is -4.48. The smallest absolute Gasteiger partial charge is 0.222 e. The molecule has 0 spiro atoms. The number of aliphatic hydroxyl groups is 9. The number of amides is 6. The van der Waals surface area contributed by atoms with E-state index in [-0.39, 0.29) is 174 Å². The van der Waals surface area contributed by atoms with E-state index < -0.39 is 146 Å². The maximum Gasteiger partial charge on any atom is 0.222 e. The second-order valence-electron chi connectivity index (χ2n) is 22.1. The Kier molecular flexibility index (Phi) is 39.1. The van der Waals surface area contributed by atoms with E-state index in [0.717, 1.165) is 0 Å². The number of ether oxygens (including phenoxy) is 7. The molecule has 0 aromatic heterocycles. The van der Waals surface area contributed by atoms with Crippen LogP contribution in [0.4, 0.5) is 0 Å². The molecule has 30 heteroatoms. The van der Waals surface area contributed by atoms with Gasteiger partial charge >= 0.3 is 0 Å². The van der Waals surface area contributed by atoms with Crippen LogP contribution in [0.15, 0.2) is 0 Å². The molecule has 3 aliphatic rings. The third-order valence-electron chi connectivity index (χ3n) is 15.1. The summed E-state index contributed by atoms with van der Waals surface area (Å²) in [7, 11) is 1.40. The van der Waals surface area contributed by atoms with Crippen LogP contribution in [0.2, 0.25) is 0 Å². The monoisotopic (exact) mass is 1250 g/mol. The normalized spacial score (nSPS) is 27.7. The lowest BCUT2D eigenvalue weighted by Gasteiger charge is -2.42. The van der Waals surface area contributed by atoms with Gasteiger partial charge < -0.3 is 111 Å². The topological polar surface area (TPSA) is 455 Å². The maximum absolute atomic E-state index is 13.7. The van der Waals surface area contributed by atoms with Gasteiger partial charge in [-0.15, -0.1) is 0 Å². The largest absolute Gasteiger partial charge is 0.396 e. The Bertz CT molecular complexity index is 1860. The summed E-state index contributed by atoms with van der Waals surface area (Å²) in [4.78, 5) is 101. The molecule has 6 amide bonds. The zero-order chi connectivity index (χ0) is 65.1. The van der Waals surface area contributed by atoms with Crippen molar-refractivity contribution in [3.8, 4) is 0 Å². The van der Waals surface area contributed by atoms with Crippen molar-refractivity contribution in [2.24, 2.45) is 17.8 Å². The molecule has 0 heterocycles. The highest BCUT2D eigenvalue weighted by atomic mass is 16.5. The summed E-state index contributed by atoms with van der Waals surface area (Å²) < 4.78 is 40.7. The minimum Gasteiger partial charge on any atom is -0.396 e. The van der Waals surface area contributed by atoms with Crippen molar-refractivity contribution >= 4 is 47.0 Å². The predicted molar refractivity (Wildman–Crippen MR) is 308 cm³/mol. The number of carbonyl (C=O) groups excluding carboxylic acids is 8. The van der Waals surface area contributed by atoms with Crippen molar-refractivity contribution < 1.29 is 117 Å². The predicted octanol–water partition coefficient (Wildman–Crippen LogP) is -4.34. The average Bonchev–Trinajstić information content (AvgIpc) is 1.46. The van der Waals surface area contributed by atoms with Crippen molar-refractivity contribution in [3.05, 3.63) is 0 Å².